The standard InChI is InChI=1S/C25H31N3O7S2.C2H6/c1-16-12-19(35-15-22(29)26-11-7-5-6-8-23(30)34-4)13-17(2)24(16)37(31,32)28-21-10-9-18(33-3)14-20(21)27-25(28)36;1-2/h9-10,12-14H,5-8,11,15H2,1-4H3,(H,26,29)(H,27,36);1-2H3. The Hall–Kier alpha value is -3.38. The molecule has 0 aliphatic carbocycles. The first kappa shape index (κ1) is 31.8. The highest BCUT2D eigenvalue weighted by Crippen LogP contribution is 2.30. The van der Waals surface area contributed by atoms with Crippen molar-refractivity contribution in [2.45, 2.75) is 58.3 Å². The van der Waals surface area contributed by atoms with Crippen LogP contribution in [0.1, 0.15) is 50.7 Å². The number of nitrogens with zero attached hydrogens (tertiary/aromatic N) is 1. The number of hydrogen-bond donors (Lipinski definition) is 2. The number of imidazole rings is 1. The molecule has 10 nitrogen and oxygen atoms in total. The molecule has 0 bridgehead atoms. The van der Waals surface area contributed by atoms with Gasteiger partial charge in [0.15, 0.2) is 11.4 Å². The van der Waals surface area contributed by atoms with E-state index in [9.17, 15) is 18.0 Å². The molecule has 0 spiro atoms. The molecule has 0 saturated carbocycles. The third-order valence-corrected chi connectivity index (χ3v) is 8.18. The van der Waals surface area contributed by atoms with Crippen molar-refractivity contribution >= 4 is 45.2 Å². The van der Waals surface area contributed by atoms with Crippen molar-refractivity contribution in [2.75, 3.05) is 27.4 Å². The number of fused-ring (bicyclic) bond motifs is 1. The highest BCUT2D eigenvalue weighted by molar-refractivity contribution is 7.90. The van der Waals surface area contributed by atoms with Crippen LogP contribution >= 0.6 is 12.2 Å². The van der Waals surface area contributed by atoms with Crippen molar-refractivity contribution < 1.29 is 32.2 Å². The van der Waals surface area contributed by atoms with Gasteiger partial charge in [-0.15, -0.1) is 0 Å². The molecule has 0 unspecified atom stereocenters. The van der Waals surface area contributed by atoms with E-state index in [2.05, 4.69) is 15.0 Å². The predicted molar refractivity (Wildman–Crippen MR) is 153 cm³/mol. The lowest BCUT2D eigenvalue weighted by Gasteiger charge is -2.15. The average molecular weight is 580 g/mol. The highest BCUT2D eigenvalue weighted by Gasteiger charge is 2.26. The van der Waals surface area contributed by atoms with E-state index >= 15 is 0 Å². The molecule has 12 heteroatoms. The number of aromatic nitrogens is 2. The second-order valence-corrected chi connectivity index (χ2v) is 10.6. The number of benzene rings is 2. The Morgan fingerprint density at radius 1 is 1.00 bits per heavy atom. The molecular weight excluding hydrogens is 542 g/mol. The molecule has 0 aliphatic heterocycles. The van der Waals surface area contributed by atoms with Crippen LogP contribution in [0.15, 0.2) is 35.2 Å². The van der Waals surface area contributed by atoms with Gasteiger partial charge < -0.3 is 24.5 Å². The number of nitrogens with one attached hydrogen (secondary N) is 2. The Bertz CT molecular complexity index is 1440. The third kappa shape index (κ3) is 8.06. The van der Waals surface area contributed by atoms with E-state index < -0.39 is 10.0 Å². The van der Waals surface area contributed by atoms with Gasteiger partial charge in [0, 0.05) is 19.0 Å². The van der Waals surface area contributed by atoms with Gasteiger partial charge >= 0.3 is 5.97 Å². The average Bonchev–Trinajstić information content (AvgIpc) is 3.25. The fraction of sp³-hybridized carbons (Fsp3) is 0.444. The van der Waals surface area contributed by atoms with Crippen LogP contribution in [0.3, 0.4) is 0 Å². The number of unbranched alkanes of at least 4 members (excludes halogenated alkanes) is 2. The number of hydrogen-bond acceptors (Lipinski definition) is 8. The van der Waals surface area contributed by atoms with Gasteiger partial charge in [-0.25, -0.2) is 12.4 Å². The minimum atomic E-state index is -4.03. The Morgan fingerprint density at radius 2 is 1.67 bits per heavy atom. The topological polar surface area (TPSA) is 129 Å². The summed E-state index contributed by atoms with van der Waals surface area (Å²) in [6.45, 7) is 7.60. The summed E-state index contributed by atoms with van der Waals surface area (Å²) in [5.41, 5.74) is 1.88. The van der Waals surface area contributed by atoms with E-state index in [4.69, 9.17) is 21.7 Å². The number of carbonyl (C=O) groups excluding carboxylic acids is 2. The van der Waals surface area contributed by atoms with Crippen molar-refractivity contribution in [1.29, 1.82) is 0 Å². The molecule has 1 aromatic heterocycles. The Kier molecular flexibility index (Phi) is 12.0. The van der Waals surface area contributed by atoms with Crippen molar-refractivity contribution in [2.24, 2.45) is 0 Å². The van der Waals surface area contributed by atoms with Gasteiger partial charge in [0.25, 0.3) is 15.9 Å². The number of aryl methyl sites for hydroxylation is 2. The highest BCUT2D eigenvalue weighted by atomic mass is 32.2. The Balaban J connectivity index is 0.00000260. The zero-order valence-corrected chi connectivity index (χ0v) is 24.9. The molecular formula is C27H37N3O7S2. The SMILES string of the molecule is CC.COC(=O)CCCCCNC(=O)COc1cc(C)c(S(=O)(=O)n2c(=S)[nH]c3cc(OC)ccc32)c(C)c1. The maximum atomic E-state index is 13.7. The summed E-state index contributed by atoms with van der Waals surface area (Å²) in [7, 11) is -1.15. The molecule has 1 amide bonds. The van der Waals surface area contributed by atoms with Gasteiger partial charge in [-0.2, -0.15) is 0 Å². The quantitative estimate of drug-likeness (QED) is 0.178. The minimum Gasteiger partial charge on any atom is -0.497 e. The van der Waals surface area contributed by atoms with Crippen molar-refractivity contribution in [3.05, 3.63) is 46.2 Å². The molecule has 2 N–H and O–H groups in total. The van der Waals surface area contributed by atoms with Gasteiger partial charge in [0.1, 0.15) is 11.5 Å². The van der Waals surface area contributed by atoms with Gasteiger partial charge in [0.2, 0.25) is 0 Å². The lowest BCUT2D eigenvalue weighted by atomic mass is 10.1. The summed E-state index contributed by atoms with van der Waals surface area (Å²) in [4.78, 5) is 26.3. The summed E-state index contributed by atoms with van der Waals surface area (Å²) in [6, 6.07) is 8.16. The summed E-state index contributed by atoms with van der Waals surface area (Å²) in [6.07, 6.45) is 2.58. The van der Waals surface area contributed by atoms with Crippen LogP contribution in [-0.4, -0.2) is 56.6 Å². The monoisotopic (exact) mass is 579 g/mol. The first-order valence-corrected chi connectivity index (χ1v) is 14.5. The predicted octanol–water partition coefficient (Wildman–Crippen LogP) is 4.82. The van der Waals surface area contributed by atoms with Crippen LogP contribution < -0.4 is 14.8 Å². The Labute approximate surface area is 234 Å². The van der Waals surface area contributed by atoms with Crippen LogP contribution in [0, 0.1) is 18.6 Å². The molecule has 3 aromatic rings. The maximum Gasteiger partial charge on any atom is 0.305 e. The summed E-state index contributed by atoms with van der Waals surface area (Å²) in [5, 5.41) is 2.77. The van der Waals surface area contributed by atoms with Crippen LogP contribution in [0.2, 0.25) is 0 Å². The molecule has 39 heavy (non-hydrogen) atoms. The lowest BCUT2D eigenvalue weighted by Crippen LogP contribution is -2.29. The molecule has 0 atom stereocenters. The van der Waals surface area contributed by atoms with Crippen LogP contribution in [-0.2, 0) is 24.3 Å². The van der Waals surface area contributed by atoms with E-state index in [-0.39, 0.29) is 28.1 Å². The number of aromatic amines is 1. The fourth-order valence-corrected chi connectivity index (χ4v) is 6.33. The third-order valence-electron chi connectivity index (χ3n) is 5.76. The second-order valence-electron chi connectivity index (χ2n) is 8.49. The second kappa shape index (κ2) is 14.7. The minimum absolute atomic E-state index is 0.0457. The zero-order valence-electron chi connectivity index (χ0n) is 23.3. The molecule has 0 fully saturated rings. The molecule has 3 rings (SSSR count). The molecule has 214 valence electrons. The first-order valence-electron chi connectivity index (χ1n) is 12.7. The lowest BCUT2D eigenvalue weighted by molar-refractivity contribution is -0.140. The number of carbonyl (C=O) groups is 2. The van der Waals surface area contributed by atoms with E-state index in [1.165, 1.54) is 14.2 Å². The first-order chi connectivity index (χ1) is 18.6. The van der Waals surface area contributed by atoms with Gasteiger partial charge in [-0.1, -0.05) is 20.3 Å². The van der Waals surface area contributed by atoms with E-state index in [1.54, 1.807) is 44.2 Å². The van der Waals surface area contributed by atoms with E-state index in [0.29, 0.717) is 53.0 Å². The van der Waals surface area contributed by atoms with Crippen LogP contribution in [0.4, 0.5) is 0 Å². The molecule has 1 heterocycles. The number of methoxy groups -OCH3 is 2. The number of esters is 1. The summed E-state index contributed by atoms with van der Waals surface area (Å²) in [5.74, 6) is 0.423. The fourth-order valence-electron chi connectivity index (χ4n) is 4.03. The van der Waals surface area contributed by atoms with Gasteiger partial charge in [-0.05, 0) is 74.3 Å². The molecule has 0 radical (unpaired) electrons. The van der Waals surface area contributed by atoms with Crippen molar-refractivity contribution in [3.8, 4) is 11.5 Å². The van der Waals surface area contributed by atoms with E-state index in [1.807, 2.05) is 13.8 Å². The maximum absolute atomic E-state index is 13.7. The number of amides is 1. The number of rotatable bonds is 12. The summed E-state index contributed by atoms with van der Waals surface area (Å²) >= 11 is 5.34. The zero-order chi connectivity index (χ0) is 29.2. The van der Waals surface area contributed by atoms with Gasteiger partial charge in [-0.3, -0.25) is 9.59 Å². The van der Waals surface area contributed by atoms with Crippen molar-refractivity contribution in [1.82, 2.24) is 14.3 Å². The van der Waals surface area contributed by atoms with Crippen LogP contribution in [0.25, 0.3) is 11.0 Å². The van der Waals surface area contributed by atoms with Crippen LogP contribution in [0.5, 0.6) is 11.5 Å². The van der Waals surface area contributed by atoms with Gasteiger partial charge in [0.05, 0.1) is 30.1 Å². The molecule has 0 aliphatic rings. The number of H-pyrrole nitrogens is 1. The van der Waals surface area contributed by atoms with E-state index in [0.717, 1.165) is 16.8 Å². The normalized spacial score (nSPS) is 10.9. The molecule has 2 aromatic carbocycles. The largest absolute Gasteiger partial charge is 0.497 e. The smallest absolute Gasteiger partial charge is 0.305 e. The Morgan fingerprint density at radius 3 is 2.28 bits per heavy atom. The molecule has 0 saturated heterocycles. The van der Waals surface area contributed by atoms with Crippen molar-refractivity contribution in [3.63, 3.8) is 0 Å². The number of ether oxygens (including phenoxy) is 3. The summed E-state index contributed by atoms with van der Waals surface area (Å²) < 4.78 is 43.9.